The van der Waals surface area contributed by atoms with Crippen LogP contribution in [-0.2, 0) is 31.0 Å². The third-order valence-corrected chi connectivity index (χ3v) is 20.0. The summed E-state index contributed by atoms with van der Waals surface area (Å²) >= 11 is 0. The summed E-state index contributed by atoms with van der Waals surface area (Å²) in [6.07, 6.45) is 2.29. The van der Waals surface area contributed by atoms with Gasteiger partial charge < -0.3 is 31.0 Å². The van der Waals surface area contributed by atoms with Gasteiger partial charge in [-0.3, -0.25) is 0 Å². The maximum atomic E-state index is 6.67. The van der Waals surface area contributed by atoms with Gasteiger partial charge in [-0.25, -0.2) is 0 Å². The first kappa shape index (κ1) is 34.7. The maximum Gasteiger partial charge on any atom is 0.372 e. The molecule has 0 aliphatic carbocycles. The molecule has 42 heavy (non-hydrogen) atoms. The molecular formula is C31H48O7Si4. The minimum Gasteiger partial charge on any atom is -0.422 e. The highest BCUT2D eigenvalue weighted by Gasteiger charge is 2.47. The van der Waals surface area contributed by atoms with Gasteiger partial charge in [-0.15, -0.1) is 0 Å². The number of hydrogen-bond acceptors (Lipinski definition) is 7. The zero-order valence-electron chi connectivity index (χ0n) is 26.3. The summed E-state index contributed by atoms with van der Waals surface area (Å²) in [5, 5.41) is 3.34. The molecule has 0 atom stereocenters. The normalized spacial score (nSPS) is 13.0. The van der Waals surface area contributed by atoms with E-state index in [0.29, 0.717) is 10.5 Å². The summed E-state index contributed by atoms with van der Waals surface area (Å²) in [7, 11) is 2.97. The highest BCUT2D eigenvalue weighted by atomic mass is 28.4. The van der Waals surface area contributed by atoms with Crippen LogP contribution in [0.25, 0.3) is 0 Å². The molecule has 0 fully saturated rings. The lowest BCUT2D eigenvalue weighted by Crippen LogP contribution is -2.56. The van der Waals surface area contributed by atoms with Crippen LogP contribution >= 0.6 is 0 Å². The number of benzene rings is 3. The Hall–Kier alpha value is -1.75. The van der Waals surface area contributed by atoms with Crippen LogP contribution in [0.1, 0.15) is 19.3 Å². The Labute approximate surface area is 258 Å². The molecule has 3 rings (SSSR count). The predicted octanol–water partition coefficient (Wildman–Crippen LogP) is 3.12. The fourth-order valence-corrected chi connectivity index (χ4v) is 15.0. The Morgan fingerprint density at radius 2 is 0.690 bits per heavy atom. The minimum atomic E-state index is -2.72. The Morgan fingerprint density at radius 1 is 0.452 bits per heavy atom. The standard InChI is InChI=1S/C31H48O7Si4/c1-32-40(33-2,28-16-10-7-11-17-28)25-22-31(38-39,23-26-41(34-3,35-4)29-18-12-8-13-19-29)24-27-42(36-5,37-6)30-20-14-9-15-21-30/h7-21H,22-27H2,1-6,39H3. The third kappa shape index (κ3) is 7.84. The maximum absolute atomic E-state index is 6.67. The van der Waals surface area contributed by atoms with E-state index in [0.717, 1.165) is 53.0 Å². The largest absolute Gasteiger partial charge is 0.422 e. The van der Waals surface area contributed by atoms with Crippen LogP contribution in [0, 0.1) is 0 Å². The number of hydrogen-bond donors (Lipinski definition) is 0. The van der Waals surface area contributed by atoms with Gasteiger partial charge in [0.2, 0.25) is 0 Å². The molecule has 0 aromatic heterocycles. The number of rotatable bonds is 19. The van der Waals surface area contributed by atoms with Crippen molar-refractivity contribution in [2.24, 2.45) is 0 Å². The molecule has 0 unspecified atom stereocenters. The van der Waals surface area contributed by atoms with Gasteiger partial charge in [-0.1, -0.05) is 91.0 Å². The molecule has 0 amide bonds. The van der Waals surface area contributed by atoms with Crippen molar-refractivity contribution >= 4 is 51.7 Å². The molecule has 0 aliphatic heterocycles. The van der Waals surface area contributed by atoms with Crippen molar-refractivity contribution in [3.8, 4) is 0 Å². The molecule has 3 aromatic carbocycles. The zero-order valence-corrected chi connectivity index (χ0v) is 31.3. The average molecular weight is 645 g/mol. The topological polar surface area (TPSA) is 64.6 Å². The zero-order chi connectivity index (χ0) is 30.5. The van der Waals surface area contributed by atoms with Crippen LogP contribution < -0.4 is 15.6 Å². The smallest absolute Gasteiger partial charge is 0.372 e. The second-order valence-electron chi connectivity index (χ2n) is 10.5. The van der Waals surface area contributed by atoms with Crippen molar-refractivity contribution in [2.75, 3.05) is 42.7 Å². The Kier molecular flexibility index (Phi) is 13.5. The van der Waals surface area contributed by atoms with Crippen molar-refractivity contribution in [3.05, 3.63) is 91.0 Å². The summed E-state index contributed by atoms with van der Waals surface area (Å²) < 4.78 is 44.0. The third-order valence-electron chi connectivity index (χ3n) is 8.78. The molecule has 230 valence electrons. The van der Waals surface area contributed by atoms with Gasteiger partial charge in [0, 0.05) is 42.7 Å². The summed E-state index contributed by atoms with van der Waals surface area (Å²) in [6, 6.07) is 33.2. The van der Waals surface area contributed by atoms with E-state index in [4.69, 9.17) is 31.0 Å². The van der Waals surface area contributed by atoms with E-state index in [1.807, 2.05) is 54.6 Å². The molecule has 0 N–H and O–H groups in total. The van der Waals surface area contributed by atoms with Crippen LogP contribution in [0.2, 0.25) is 18.1 Å². The molecular weight excluding hydrogens is 597 g/mol. The molecule has 3 aromatic rings. The van der Waals surface area contributed by atoms with E-state index >= 15 is 0 Å². The molecule has 0 spiro atoms. The molecule has 0 heterocycles. The minimum absolute atomic E-state index is 0.468. The van der Waals surface area contributed by atoms with Gasteiger partial charge in [-0.2, -0.15) is 0 Å². The van der Waals surface area contributed by atoms with E-state index in [9.17, 15) is 0 Å². The van der Waals surface area contributed by atoms with Crippen LogP contribution in [0.5, 0.6) is 0 Å². The molecule has 7 nitrogen and oxygen atoms in total. The van der Waals surface area contributed by atoms with Crippen LogP contribution in [0.15, 0.2) is 91.0 Å². The van der Waals surface area contributed by atoms with Crippen LogP contribution in [0.4, 0.5) is 0 Å². The SMILES string of the molecule is CO[Si](CCC(CC[Si](OC)(OC)c1ccccc1)(CC[Si](OC)(OC)c1ccccc1)O[SiH3])(OC)c1ccccc1. The summed E-state index contributed by atoms with van der Waals surface area (Å²) in [6.45, 7) is 0. The lowest BCUT2D eigenvalue weighted by atomic mass is 9.94. The first-order chi connectivity index (χ1) is 20.4. The average Bonchev–Trinajstić information content (AvgIpc) is 3.07. The van der Waals surface area contributed by atoms with E-state index in [-0.39, 0.29) is 0 Å². The predicted molar refractivity (Wildman–Crippen MR) is 180 cm³/mol. The highest BCUT2D eigenvalue weighted by Crippen LogP contribution is 2.36. The van der Waals surface area contributed by atoms with E-state index in [1.54, 1.807) is 42.7 Å². The first-order valence-corrected chi connectivity index (χ1v) is 21.3. The van der Waals surface area contributed by atoms with Crippen molar-refractivity contribution < 1.29 is 31.0 Å². The highest BCUT2D eigenvalue weighted by molar-refractivity contribution is 6.82. The Balaban J connectivity index is 1.99. The van der Waals surface area contributed by atoms with Crippen molar-refractivity contribution in [2.45, 2.75) is 43.0 Å². The summed E-state index contributed by atoms with van der Waals surface area (Å²) in [5.41, 5.74) is -0.468. The molecule has 0 bridgehead atoms. The molecule has 0 radical (unpaired) electrons. The van der Waals surface area contributed by atoms with Crippen LogP contribution in [0.3, 0.4) is 0 Å². The second kappa shape index (κ2) is 16.4. The van der Waals surface area contributed by atoms with Gasteiger partial charge in [-0.05, 0) is 53.0 Å². The molecule has 0 saturated heterocycles. The second-order valence-corrected chi connectivity index (χ2v) is 21.1. The van der Waals surface area contributed by atoms with Gasteiger partial charge in [0.1, 0.15) is 10.5 Å². The van der Waals surface area contributed by atoms with Gasteiger partial charge >= 0.3 is 25.7 Å². The molecule has 0 saturated carbocycles. The Morgan fingerprint density at radius 3 is 0.881 bits per heavy atom. The quantitative estimate of drug-likeness (QED) is 0.186. The molecule has 11 heteroatoms. The Bertz CT molecular complexity index is 1020. The lowest BCUT2D eigenvalue weighted by Gasteiger charge is -2.40. The van der Waals surface area contributed by atoms with E-state index in [2.05, 4.69) is 36.4 Å². The van der Waals surface area contributed by atoms with Gasteiger partial charge in [0.15, 0.2) is 0 Å². The van der Waals surface area contributed by atoms with Crippen molar-refractivity contribution in [1.82, 2.24) is 0 Å². The van der Waals surface area contributed by atoms with Crippen molar-refractivity contribution in [1.29, 1.82) is 0 Å². The monoisotopic (exact) mass is 644 g/mol. The summed E-state index contributed by atoms with van der Waals surface area (Å²) in [4.78, 5) is 0. The summed E-state index contributed by atoms with van der Waals surface area (Å²) in [5.74, 6) is 0. The van der Waals surface area contributed by atoms with Gasteiger partial charge in [0.05, 0.1) is 5.60 Å². The fourth-order valence-electron chi connectivity index (χ4n) is 5.94. The lowest BCUT2D eigenvalue weighted by molar-refractivity contribution is 0.0571. The van der Waals surface area contributed by atoms with Gasteiger partial charge in [0.25, 0.3) is 0 Å². The van der Waals surface area contributed by atoms with E-state index < -0.39 is 31.3 Å². The first-order valence-electron chi connectivity index (χ1n) is 14.4. The molecule has 0 aliphatic rings. The fraction of sp³-hybridized carbons (Fsp3) is 0.419. The van der Waals surface area contributed by atoms with E-state index in [1.165, 1.54) is 0 Å². The van der Waals surface area contributed by atoms with Crippen LogP contribution in [-0.4, -0.2) is 84.4 Å². The van der Waals surface area contributed by atoms with Crippen molar-refractivity contribution in [3.63, 3.8) is 0 Å².